The van der Waals surface area contributed by atoms with E-state index in [-0.39, 0.29) is 17.7 Å². The number of rotatable bonds is 12. The number of amides is 1. The predicted molar refractivity (Wildman–Crippen MR) is 160 cm³/mol. The van der Waals surface area contributed by atoms with E-state index in [0.717, 1.165) is 45.2 Å². The zero-order valence-electron chi connectivity index (χ0n) is 24.2. The van der Waals surface area contributed by atoms with Crippen LogP contribution in [-0.4, -0.2) is 66.3 Å². The molecule has 2 unspecified atom stereocenters. The predicted octanol–water partition coefficient (Wildman–Crippen LogP) is 4.38. The van der Waals surface area contributed by atoms with Gasteiger partial charge in [0.05, 0.1) is 18.2 Å². The van der Waals surface area contributed by atoms with Crippen LogP contribution in [0.4, 0.5) is 4.39 Å². The molecule has 0 spiro atoms. The number of aromatic hydroxyl groups is 1. The minimum Gasteiger partial charge on any atom is -0.504 e. The van der Waals surface area contributed by atoms with Gasteiger partial charge in [0.15, 0.2) is 11.5 Å². The van der Waals surface area contributed by atoms with Crippen molar-refractivity contribution in [1.29, 1.82) is 10.5 Å². The highest BCUT2D eigenvalue weighted by molar-refractivity contribution is 6.21. The van der Waals surface area contributed by atoms with Crippen molar-refractivity contribution in [2.45, 2.75) is 57.2 Å². The number of piperidine rings is 1. The molecular weight excluding hydrogens is 551 g/mol. The van der Waals surface area contributed by atoms with E-state index in [9.17, 15) is 24.8 Å². The molecule has 4 rings (SSSR count). The number of ether oxygens (including phenoxy) is 1. The molecule has 2 aliphatic rings. The molecule has 226 valence electrons. The average molecular weight is 589 g/mol. The van der Waals surface area contributed by atoms with Crippen molar-refractivity contribution in [2.75, 3.05) is 26.7 Å². The Morgan fingerprint density at radius 2 is 1.86 bits per heavy atom. The molecule has 10 nitrogen and oxygen atoms in total. The molecule has 1 saturated heterocycles. The maximum atomic E-state index is 14.8. The highest BCUT2D eigenvalue weighted by Gasteiger charge is 2.37. The van der Waals surface area contributed by atoms with Crippen LogP contribution in [0.25, 0.3) is 11.1 Å². The van der Waals surface area contributed by atoms with Crippen LogP contribution in [0.1, 0.15) is 61.6 Å². The summed E-state index contributed by atoms with van der Waals surface area (Å²) < 4.78 is 20.6. The number of halogens is 1. The molecule has 1 amide bonds. The third-order valence-electron chi connectivity index (χ3n) is 8.06. The smallest absolute Gasteiger partial charge is 0.243 e. The van der Waals surface area contributed by atoms with E-state index < -0.39 is 23.8 Å². The number of nitriles is 2. The lowest BCUT2D eigenvalue weighted by molar-refractivity contribution is -0.129. The maximum absolute atomic E-state index is 14.8. The molecule has 0 aromatic heterocycles. The lowest BCUT2D eigenvalue weighted by Crippen LogP contribution is -2.48. The minimum atomic E-state index is -0.708. The molecule has 2 aliphatic heterocycles. The van der Waals surface area contributed by atoms with E-state index in [0.29, 0.717) is 47.1 Å². The second-order valence-electron chi connectivity index (χ2n) is 10.8. The first-order valence-corrected chi connectivity index (χ1v) is 14.6. The highest BCUT2D eigenvalue weighted by atomic mass is 19.1. The van der Waals surface area contributed by atoms with Gasteiger partial charge in [0.2, 0.25) is 5.91 Å². The van der Waals surface area contributed by atoms with Gasteiger partial charge in [0.25, 0.3) is 0 Å². The van der Waals surface area contributed by atoms with Crippen LogP contribution in [0.2, 0.25) is 0 Å². The van der Waals surface area contributed by atoms with Crippen LogP contribution in [0.15, 0.2) is 41.4 Å². The number of nitrogens with zero attached hydrogens (tertiary/aromatic N) is 4. The molecule has 2 aromatic rings. The Labute approximate surface area is 251 Å². The molecule has 43 heavy (non-hydrogen) atoms. The number of dihydropyridines is 1. The number of phenols is 1. The summed E-state index contributed by atoms with van der Waals surface area (Å²) in [5, 5.41) is 42.3. The summed E-state index contributed by atoms with van der Waals surface area (Å²) in [5.41, 5.74) is 3.80. The second-order valence-corrected chi connectivity index (χ2v) is 10.8. The summed E-state index contributed by atoms with van der Waals surface area (Å²) in [6.45, 7) is 1.91. The van der Waals surface area contributed by atoms with Crippen LogP contribution in [-0.2, 0) is 4.79 Å². The standard InChI is InChI=1S/C32H37FN6O4/c1-36-24-11-13-39(14-12-24)32-25(19-35)31(22-7-8-23(18-34)27(33)16-22)26(20-37-32)21-9-10-29(28(40)17-21)43-15-5-3-2-4-6-30(41)38-42/h7-10,16-17,20,24-25,32,36,40,42H,2-6,11-15H2,1H3,(H,38,41). The van der Waals surface area contributed by atoms with Crippen LogP contribution in [0, 0.1) is 34.4 Å². The van der Waals surface area contributed by atoms with Gasteiger partial charge in [-0.2, -0.15) is 10.5 Å². The van der Waals surface area contributed by atoms with Crippen molar-refractivity contribution in [1.82, 2.24) is 15.7 Å². The normalized spacial score (nSPS) is 19.1. The third-order valence-corrected chi connectivity index (χ3v) is 8.06. The number of nitrogens with one attached hydrogen (secondary N) is 2. The molecule has 0 saturated carbocycles. The first-order valence-electron chi connectivity index (χ1n) is 14.6. The van der Waals surface area contributed by atoms with Crippen LogP contribution >= 0.6 is 0 Å². The second kappa shape index (κ2) is 15.3. The number of likely N-dealkylation sites (tertiary alicyclic amines) is 1. The largest absolute Gasteiger partial charge is 0.504 e. The number of hydrogen-bond donors (Lipinski definition) is 4. The number of carbonyl (C=O) groups is 1. The first kappa shape index (κ1) is 31.6. The highest BCUT2D eigenvalue weighted by Crippen LogP contribution is 2.41. The fraction of sp³-hybridized carbons (Fsp3) is 0.438. The zero-order valence-corrected chi connectivity index (χ0v) is 24.2. The molecule has 0 bridgehead atoms. The molecule has 11 heteroatoms. The minimum absolute atomic E-state index is 0.0758. The number of hydroxylamine groups is 1. The molecule has 0 aliphatic carbocycles. The maximum Gasteiger partial charge on any atom is 0.243 e. The van der Waals surface area contributed by atoms with Gasteiger partial charge in [-0.25, -0.2) is 9.87 Å². The molecule has 4 N–H and O–H groups in total. The molecular formula is C32H37FN6O4. The number of aliphatic imine (C=N–C) groups is 1. The van der Waals surface area contributed by atoms with Crippen molar-refractivity contribution >= 4 is 23.3 Å². The number of unbranched alkanes of at least 4 members (excludes halogenated alkanes) is 3. The van der Waals surface area contributed by atoms with E-state index in [1.54, 1.807) is 36.0 Å². The number of allylic oxidation sites excluding steroid dienone is 1. The van der Waals surface area contributed by atoms with Gasteiger partial charge >= 0.3 is 0 Å². The Kier molecular flexibility index (Phi) is 11.2. The van der Waals surface area contributed by atoms with E-state index in [2.05, 4.69) is 16.3 Å². The van der Waals surface area contributed by atoms with Gasteiger partial charge in [-0.05, 0) is 73.7 Å². The number of carbonyl (C=O) groups excluding carboxylic acids is 1. The first-order chi connectivity index (χ1) is 20.9. The Hall–Kier alpha value is -4.29. The van der Waals surface area contributed by atoms with Crippen molar-refractivity contribution in [3.63, 3.8) is 0 Å². The Morgan fingerprint density at radius 1 is 1.12 bits per heavy atom. The number of benzene rings is 2. The third kappa shape index (κ3) is 7.76. The number of phenolic OH excluding ortho intramolecular Hbond substituents is 1. The fourth-order valence-corrected chi connectivity index (χ4v) is 5.64. The Balaban J connectivity index is 1.57. The van der Waals surface area contributed by atoms with Crippen molar-refractivity contribution in [2.24, 2.45) is 10.9 Å². The van der Waals surface area contributed by atoms with E-state index in [1.807, 2.05) is 13.1 Å². The van der Waals surface area contributed by atoms with Gasteiger partial charge < -0.3 is 15.2 Å². The Morgan fingerprint density at radius 3 is 2.51 bits per heavy atom. The molecule has 2 atom stereocenters. The number of hydrogen-bond acceptors (Lipinski definition) is 9. The fourth-order valence-electron chi connectivity index (χ4n) is 5.64. The lowest BCUT2D eigenvalue weighted by atomic mass is 9.82. The van der Waals surface area contributed by atoms with Crippen molar-refractivity contribution in [3.8, 4) is 23.6 Å². The van der Waals surface area contributed by atoms with Gasteiger partial charge in [0, 0.05) is 37.3 Å². The van der Waals surface area contributed by atoms with E-state index >= 15 is 0 Å². The van der Waals surface area contributed by atoms with Crippen LogP contribution in [0.5, 0.6) is 11.5 Å². The monoisotopic (exact) mass is 588 g/mol. The molecule has 0 radical (unpaired) electrons. The Bertz CT molecular complexity index is 1440. The summed E-state index contributed by atoms with van der Waals surface area (Å²) in [6, 6.07) is 14.0. The summed E-state index contributed by atoms with van der Waals surface area (Å²) in [7, 11) is 1.94. The summed E-state index contributed by atoms with van der Waals surface area (Å²) >= 11 is 0. The lowest BCUT2D eigenvalue weighted by Gasteiger charge is -2.39. The molecule has 2 aromatic carbocycles. The van der Waals surface area contributed by atoms with E-state index in [4.69, 9.17) is 14.9 Å². The SMILES string of the molecule is CNC1CCN(C2N=CC(c3ccc(OCCCCCCC(=O)NO)c(O)c3)=C(c3ccc(C#N)c(F)c3)C2C#N)CC1. The van der Waals surface area contributed by atoms with Gasteiger partial charge in [-0.1, -0.05) is 25.0 Å². The summed E-state index contributed by atoms with van der Waals surface area (Å²) in [6.07, 6.45) is 6.38. The average Bonchev–Trinajstić information content (AvgIpc) is 3.04. The summed E-state index contributed by atoms with van der Waals surface area (Å²) in [5.74, 6) is -1.55. The molecule has 2 heterocycles. The van der Waals surface area contributed by atoms with Gasteiger partial charge in [-0.15, -0.1) is 0 Å². The van der Waals surface area contributed by atoms with E-state index in [1.165, 1.54) is 12.1 Å². The van der Waals surface area contributed by atoms with Crippen molar-refractivity contribution in [3.05, 3.63) is 58.9 Å². The summed E-state index contributed by atoms with van der Waals surface area (Å²) in [4.78, 5) is 18.1. The quantitative estimate of drug-likeness (QED) is 0.162. The van der Waals surface area contributed by atoms with Crippen molar-refractivity contribution < 1.29 is 24.2 Å². The van der Waals surface area contributed by atoms with Crippen LogP contribution < -0.4 is 15.5 Å². The topological polar surface area (TPSA) is 154 Å². The molecule has 1 fully saturated rings. The van der Waals surface area contributed by atoms with Gasteiger partial charge in [-0.3, -0.25) is 19.9 Å². The zero-order chi connectivity index (χ0) is 30.8. The van der Waals surface area contributed by atoms with Crippen LogP contribution in [0.3, 0.4) is 0 Å². The van der Waals surface area contributed by atoms with Gasteiger partial charge in [0.1, 0.15) is 24.0 Å².